The van der Waals surface area contributed by atoms with E-state index in [4.69, 9.17) is 0 Å². The minimum absolute atomic E-state index is 0.590. The molecule has 3 heterocycles. The second kappa shape index (κ2) is 2.48. The van der Waals surface area contributed by atoms with Crippen LogP contribution in [0.25, 0.3) is 0 Å². The number of rotatable bonds is 0. The highest BCUT2D eigenvalue weighted by Gasteiger charge is 2.78. The summed E-state index contributed by atoms with van der Waals surface area (Å²) in [6, 6.07) is 0. The van der Waals surface area contributed by atoms with Crippen molar-refractivity contribution in [3.63, 3.8) is 0 Å². The second-order valence-electron chi connectivity index (χ2n) is 8.97. The first kappa shape index (κ1) is 10.8. The Morgan fingerprint density at radius 3 is 1.65 bits per heavy atom. The van der Waals surface area contributed by atoms with Gasteiger partial charge >= 0.3 is 0 Å². The average Bonchev–Trinajstić information content (AvgIpc) is 2.63. The third kappa shape index (κ3) is 0.959. The average molecular weight is 233 g/mol. The van der Waals surface area contributed by atoms with Gasteiger partial charge < -0.3 is 0 Å². The Morgan fingerprint density at radius 2 is 1.29 bits per heavy atom. The van der Waals surface area contributed by atoms with Crippen LogP contribution in [-0.2, 0) is 0 Å². The van der Waals surface area contributed by atoms with E-state index in [9.17, 15) is 0 Å². The molecule has 2 aliphatic carbocycles. The van der Waals surface area contributed by atoms with Crippen molar-refractivity contribution in [1.29, 1.82) is 0 Å². The molecule has 0 N–H and O–H groups in total. The Bertz CT molecular complexity index is 372. The maximum Gasteiger partial charge on any atom is 0.0321 e. The Morgan fingerprint density at radius 1 is 0.824 bits per heavy atom. The lowest BCUT2D eigenvalue weighted by molar-refractivity contribution is -0.210. The molecule has 0 aromatic rings. The fraction of sp³-hybridized carbons (Fsp3) is 1.00. The van der Waals surface area contributed by atoms with E-state index < -0.39 is 0 Å². The number of hydrogen-bond acceptors (Lipinski definition) is 1. The molecule has 3 saturated heterocycles. The van der Waals surface area contributed by atoms with Crippen molar-refractivity contribution in [2.45, 2.75) is 59.4 Å². The maximum absolute atomic E-state index is 2.93. The van der Waals surface area contributed by atoms with Gasteiger partial charge in [0.1, 0.15) is 0 Å². The lowest BCUT2D eigenvalue weighted by Gasteiger charge is -2.70. The lowest BCUT2D eigenvalue weighted by atomic mass is 9.45. The van der Waals surface area contributed by atoms with Crippen LogP contribution in [-0.4, -0.2) is 23.5 Å². The van der Waals surface area contributed by atoms with E-state index in [-0.39, 0.29) is 0 Å². The normalized spacial score (nSPS) is 72.2. The number of piperidine rings is 3. The van der Waals surface area contributed by atoms with Crippen LogP contribution in [0.3, 0.4) is 0 Å². The van der Waals surface area contributed by atoms with Crippen LogP contribution < -0.4 is 0 Å². The van der Waals surface area contributed by atoms with Gasteiger partial charge in [-0.3, -0.25) is 4.90 Å². The molecule has 1 nitrogen and oxygen atoms in total. The van der Waals surface area contributed by atoms with Gasteiger partial charge in [-0.05, 0) is 47.3 Å². The molecule has 4 bridgehead atoms. The first-order valence-electron chi connectivity index (χ1n) is 7.50. The molecule has 5 rings (SSSR count). The minimum atomic E-state index is 0.590. The largest absolute Gasteiger partial charge is 0.295 e. The van der Waals surface area contributed by atoms with Gasteiger partial charge in [0.15, 0.2) is 0 Å². The smallest absolute Gasteiger partial charge is 0.0321 e. The zero-order valence-corrected chi connectivity index (χ0v) is 12.1. The van der Waals surface area contributed by atoms with E-state index in [1.807, 2.05) is 0 Å². The standard InChI is InChI=1S/C16H27N/c1-11-12(2)16(11)15(5)7-13(3)6-14(4,8-15)10-17(16)9-13/h11-12H,6-10H2,1-5H3/t11-,12-,13-,14+,15?/m0/s1. The molecular weight excluding hydrogens is 206 g/mol. The molecule has 3 aliphatic heterocycles. The third-order valence-corrected chi connectivity index (χ3v) is 7.15. The van der Waals surface area contributed by atoms with Gasteiger partial charge in [0.25, 0.3) is 0 Å². The molecule has 5 fully saturated rings. The van der Waals surface area contributed by atoms with E-state index in [0.717, 1.165) is 11.8 Å². The summed E-state index contributed by atoms with van der Waals surface area (Å²) >= 11 is 0. The number of hydrogen-bond donors (Lipinski definition) is 0. The molecule has 96 valence electrons. The van der Waals surface area contributed by atoms with Crippen molar-refractivity contribution in [2.24, 2.45) is 28.1 Å². The van der Waals surface area contributed by atoms with E-state index in [1.165, 1.54) is 32.4 Å². The van der Waals surface area contributed by atoms with Gasteiger partial charge in [0.05, 0.1) is 0 Å². The van der Waals surface area contributed by atoms with Crippen LogP contribution >= 0.6 is 0 Å². The van der Waals surface area contributed by atoms with Crippen molar-refractivity contribution in [2.75, 3.05) is 13.1 Å². The van der Waals surface area contributed by atoms with Crippen LogP contribution in [0.5, 0.6) is 0 Å². The van der Waals surface area contributed by atoms with Crippen molar-refractivity contribution in [3.8, 4) is 0 Å². The monoisotopic (exact) mass is 233 g/mol. The summed E-state index contributed by atoms with van der Waals surface area (Å²) in [4.78, 5) is 2.93. The first-order chi connectivity index (χ1) is 7.75. The minimum Gasteiger partial charge on any atom is -0.295 e. The molecule has 2 saturated carbocycles. The SMILES string of the molecule is C[C@H]1[C@H](C)C12N1C[C@@]3(C)CC2(C)C[C@@](C)(C1)C3. The quantitative estimate of drug-likeness (QED) is 0.618. The summed E-state index contributed by atoms with van der Waals surface area (Å²) in [6.45, 7) is 15.5. The summed E-state index contributed by atoms with van der Waals surface area (Å²) in [6.07, 6.45) is 4.45. The molecule has 17 heavy (non-hydrogen) atoms. The van der Waals surface area contributed by atoms with Crippen molar-refractivity contribution in [3.05, 3.63) is 0 Å². The molecule has 1 heteroatoms. The summed E-state index contributed by atoms with van der Waals surface area (Å²) in [5.74, 6) is 1.86. The maximum atomic E-state index is 2.93. The third-order valence-electron chi connectivity index (χ3n) is 7.15. The van der Waals surface area contributed by atoms with Crippen molar-refractivity contribution in [1.82, 2.24) is 4.90 Å². The first-order valence-corrected chi connectivity index (χ1v) is 7.50. The van der Waals surface area contributed by atoms with E-state index >= 15 is 0 Å². The van der Waals surface area contributed by atoms with Gasteiger partial charge in [-0.25, -0.2) is 0 Å². The Balaban J connectivity index is 1.86. The Kier molecular flexibility index (Phi) is 1.58. The summed E-state index contributed by atoms with van der Waals surface area (Å²) < 4.78 is 0. The van der Waals surface area contributed by atoms with Gasteiger partial charge in [-0.2, -0.15) is 0 Å². The van der Waals surface area contributed by atoms with Crippen molar-refractivity contribution >= 4 is 0 Å². The molecule has 0 aromatic carbocycles. The molecule has 5 aliphatic rings. The number of nitrogens with zero attached hydrogens (tertiary/aromatic N) is 1. The zero-order valence-electron chi connectivity index (χ0n) is 12.1. The summed E-state index contributed by atoms with van der Waals surface area (Å²) in [5, 5.41) is 0. The lowest BCUT2D eigenvalue weighted by Crippen LogP contribution is -2.72. The topological polar surface area (TPSA) is 3.24 Å². The fourth-order valence-electron chi connectivity index (χ4n) is 7.66. The Labute approximate surface area is 106 Å². The van der Waals surface area contributed by atoms with Gasteiger partial charge in [0, 0.05) is 18.6 Å². The van der Waals surface area contributed by atoms with E-state index in [2.05, 4.69) is 39.5 Å². The predicted octanol–water partition coefficient (Wildman–Crippen LogP) is 3.54. The summed E-state index contributed by atoms with van der Waals surface area (Å²) in [5.41, 5.74) is 2.43. The molecule has 6 atom stereocenters. The molecule has 0 radical (unpaired) electrons. The second-order valence-corrected chi connectivity index (χ2v) is 8.97. The van der Waals surface area contributed by atoms with Crippen molar-refractivity contribution < 1.29 is 0 Å². The molecule has 0 aromatic heterocycles. The molecule has 1 spiro atoms. The Hall–Kier alpha value is -0.0400. The van der Waals surface area contributed by atoms with Gasteiger partial charge in [-0.15, -0.1) is 0 Å². The van der Waals surface area contributed by atoms with E-state index in [0.29, 0.717) is 21.8 Å². The molecule has 0 amide bonds. The fourth-order valence-corrected chi connectivity index (χ4v) is 7.66. The highest BCUT2D eigenvalue weighted by Crippen LogP contribution is 2.77. The molecule has 2 unspecified atom stereocenters. The van der Waals surface area contributed by atoms with Crippen LogP contribution in [0, 0.1) is 28.1 Å². The molecular formula is C16H27N. The van der Waals surface area contributed by atoms with Crippen LogP contribution in [0.1, 0.15) is 53.9 Å². The highest BCUT2D eigenvalue weighted by atomic mass is 15.3. The predicted molar refractivity (Wildman–Crippen MR) is 70.8 cm³/mol. The van der Waals surface area contributed by atoms with Crippen LogP contribution in [0.2, 0.25) is 0 Å². The van der Waals surface area contributed by atoms with Gasteiger partial charge in [0.2, 0.25) is 0 Å². The van der Waals surface area contributed by atoms with Crippen LogP contribution in [0.15, 0.2) is 0 Å². The highest BCUT2D eigenvalue weighted by molar-refractivity contribution is 5.31. The van der Waals surface area contributed by atoms with Crippen LogP contribution in [0.4, 0.5) is 0 Å². The summed E-state index contributed by atoms with van der Waals surface area (Å²) in [7, 11) is 0. The zero-order chi connectivity index (χ0) is 12.3. The van der Waals surface area contributed by atoms with E-state index in [1.54, 1.807) is 0 Å². The van der Waals surface area contributed by atoms with Gasteiger partial charge in [-0.1, -0.05) is 34.6 Å².